The molecule has 25 heavy (non-hydrogen) atoms. The molecule has 1 aromatic heterocycles. The zero-order valence-electron chi connectivity index (χ0n) is 13.2. The summed E-state index contributed by atoms with van der Waals surface area (Å²) in [6.45, 7) is 2.11. The highest BCUT2D eigenvalue weighted by molar-refractivity contribution is 7.13. The van der Waals surface area contributed by atoms with Crippen LogP contribution < -0.4 is 5.32 Å². The highest BCUT2D eigenvalue weighted by Crippen LogP contribution is 2.13. The third-order valence-electron chi connectivity index (χ3n) is 3.87. The molecule has 0 aliphatic carbocycles. The van der Waals surface area contributed by atoms with Gasteiger partial charge in [0.05, 0.1) is 6.54 Å². The Kier molecular flexibility index (Phi) is 5.34. The molecule has 2 aromatic rings. The van der Waals surface area contributed by atoms with Gasteiger partial charge in [0.2, 0.25) is 5.91 Å². The number of carbonyl (C=O) groups is 2. The van der Waals surface area contributed by atoms with Gasteiger partial charge < -0.3 is 10.2 Å². The number of carbonyl (C=O) groups excluding carboxylic acids is 2. The van der Waals surface area contributed by atoms with E-state index in [1.54, 1.807) is 16.5 Å². The van der Waals surface area contributed by atoms with E-state index in [4.69, 9.17) is 0 Å². The second kappa shape index (κ2) is 7.66. The Balaban J connectivity index is 1.50. The molecule has 0 atom stereocenters. The molecule has 6 nitrogen and oxygen atoms in total. The fourth-order valence-corrected chi connectivity index (χ4v) is 3.11. The van der Waals surface area contributed by atoms with Crippen LogP contribution >= 0.6 is 11.3 Å². The van der Waals surface area contributed by atoms with Crippen LogP contribution in [0.1, 0.15) is 10.4 Å². The van der Waals surface area contributed by atoms with Gasteiger partial charge in [0.25, 0.3) is 5.91 Å². The van der Waals surface area contributed by atoms with E-state index in [0.29, 0.717) is 31.3 Å². The summed E-state index contributed by atoms with van der Waals surface area (Å²) >= 11 is 1.35. The standard InChI is InChI=1S/C16H16F2N4O2S/c17-12-2-1-11(9-13(12)18)15(24)22-6-4-21(5-7-22)10-14(23)20-16-19-3-8-25-16/h1-3,8-9H,4-7,10H2,(H,19,20,23). The normalized spacial score (nSPS) is 15.2. The third kappa shape index (κ3) is 4.37. The Bertz CT molecular complexity index is 762. The molecule has 1 saturated heterocycles. The third-order valence-corrected chi connectivity index (χ3v) is 4.56. The summed E-state index contributed by atoms with van der Waals surface area (Å²) in [4.78, 5) is 31.8. The number of aromatic nitrogens is 1. The van der Waals surface area contributed by atoms with Crippen LogP contribution in [0.3, 0.4) is 0 Å². The minimum atomic E-state index is -1.04. The largest absolute Gasteiger partial charge is 0.336 e. The molecule has 0 unspecified atom stereocenters. The smallest absolute Gasteiger partial charge is 0.254 e. The van der Waals surface area contributed by atoms with Crippen molar-refractivity contribution in [3.8, 4) is 0 Å². The molecule has 1 aromatic carbocycles. The van der Waals surface area contributed by atoms with E-state index in [2.05, 4.69) is 10.3 Å². The number of nitrogens with zero attached hydrogens (tertiary/aromatic N) is 3. The van der Waals surface area contributed by atoms with Crippen molar-refractivity contribution in [1.82, 2.24) is 14.8 Å². The second-order valence-electron chi connectivity index (χ2n) is 5.58. The highest BCUT2D eigenvalue weighted by Gasteiger charge is 2.24. The summed E-state index contributed by atoms with van der Waals surface area (Å²) in [5.74, 6) is -2.52. The number of rotatable bonds is 4. The van der Waals surface area contributed by atoms with Crippen LogP contribution in [0.4, 0.5) is 13.9 Å². The second-order valence-corrected chi connectivity index (χ2v) is 6.48. The molecule has 1 aliphatic rings. The number of amides is 2. The van der Waals surface area contributed by atoms with Gasteiger partial charge in [-0.2, -0.15) is 0 Å². The van der Waals surface area contributed by atoms with Gasteiger partial charge >= 0.3 is 0 Å². The molecule has 3 rings (SSSR count). The van der Waals surface area contributed by atoms with Gasteiger partial charge in [0, 0.05) is 43.3 Å². The van der Waals surface area contributed by atoms with Gasteiger partial charge in [-0.25, -0.2) is 13.8 Å². The first kappa shape index (κ1) is 17.4. The lowest BCUT2D eigenvalue weighted by molar-refractivity contribution is -0.117. The summed E-state index contributed by atoms with van der Waals surface area (Å²) in [6, 6.07) is 3.13. The van der Waals surface area contributed by atoms with Gasteiger partial charge in [-0.05, 0) is 18.2 Å². The lowest BCUT2D eigenvalue weighted by Crippen LogP contribution is -2.50. The lowest BCUT2D eigenvalue weighted by atomic mass is 10.1. The lowest BCUT2D eigenvalue weighted by Gasteiger charge is -2.34. The Morgan fingerprint density at radius 3 is 2.56 bits per heavy atom. The molecule has 0 bridgehead atoms. The minimum Gasteiger partial charge on any atom is -0.336 e. The number of hydrogen-bond acceptors (Lipinski definition) is 5. The molecule has 0 saturated carbocycles. The van der Waals surface area contributed by atoms with Crippen molar-refractivity contribution in [2.24, 2.45) is 0 Å². The molecule has 1 N–H and O–H groups in total. The van der Waals surface area contributed by atoms with Crippen LogP contribution in [0.5, 0.6) is 0 Å². The maximum atomic E-state index is 13.3. The average molecular weight is 366 g/mol. The van der Waals surface area contributed by atoms with Crippen LogP contribution in [0.25, 0.3) is 0 Å². The topological polar surface area (TPSA) is 65.5 Å². The first-order valence-electron chi connectivity index (χ1n) is 7.69. The van der Waals surface area contributed by atoms with Crippen molar-refractivity contribution in [1.29, 1.82) is 0 Å². The fourth-order valence-electron chi connectivity index (χ4n) is 2.57. The summed E-state index contributed by atoms with van der Waals surface area (Å²) in [5.41, 5.74) is 0.119. The van der Waals surface area contributed by atoms with E-state index in [1.165, 1.54) is 17.4 Å². The van der Waals surface area contributed by atoms with E-state index in [-0.39, 0.29) is 23.9 Å². The summed E-state index contributed by atoms with van der Waals surface area (Å²) in [6.07, 6.45) is 1.61. The zero-order valence-corrected chi connectivity index (χ0v) is 14.1. The Morgan fingerprint density at radius 2 is 1.92 bits per heavy atom. The summed E-state index contributed by atoms with van der Waals surface area (Å²) in [5, 5.41) is 5.04. The number of nitrogens with one attached hydrogen (secondary N) is 1. The summed E-state index contributed by atoms with van der Waals surface area (Å²) < 4.78 is 26.2. The molecule has 9 heteroatoms. The van der Waals surface area contributed by atoms with Crippen LogP contribution in [-0.4, -0.2) is 59.3 Å². The average Bonchev–Trinajstić information content (AvgIpc) is 3.10. The Labute approximate surface area is 147 Å². The molecule has 2 heterocycles. The molecule has 2 amide bonds. The monoisotopic (exact) mass is 366 g/mol. The van der Waals surface area contributed by atoms with Gasteiger partial charge in [-0.3, -0.25) is 14.5 Å². The van der Waals surface area contributed by atoms with Crippen LogP contribution in [0, 0.1) is 11.6 Å². The quantitative estimate of drug-likeness (QED) is 0.897. The maximum Gasteiger partial charge on any atom is 0.254 e. The molecule has 0 spiro atoms. The Morgan fingerprint density at radius 1 is 1.16 bits per heavy atom. The van der Waals surface area contributed by atoms with Gasteiger partial charge in [0.15, 0.2) is 16.8 Å². The van der Waals surface area contributed by atoms with E-state index in [9.17, 15) is 18.4 Å². The molecular weight excluding hydrogens is 350 g/mol. The minimum absolute atomic E-state index is 0.119. The maximum absolute atomic E-state index is 13.3. The fraction of sp³-hybridized carbons (Fsp3) is 0.312. The SMILES string of the molecule is O=C(CN1CCN(C(=O)c2ccc(F)c(F)c2)CC1)Nc1nccs1. The number of thiazole rings is 1. The van der Waals surface area contributed by atoms with Crippen molar-refractivity contribution in [2.45, 2.75) is 0 Å². The van der Waals surface area contributed by atoms with Gasteiger partial charge in [0.1, 0.15) is 0 Å². The number of hydrogen-bond donors (Lipinski definition) is 1. The first-order valence-corrected chi connectivity index (χ1v) is 8.57. The van der Waals surface area contributed by atoms with E-state index in [0.717, 1.165) is 12.1 Å². The van der Waals surface area contributed by atoms with E-state index in [1.807, 2.05) is 4.90 Å². The predicted molar refractivity (Wildman–Crippen MR) is 89.4 cm³/mol. The number of piperazine rings is 1. The molecule has 132 valence electrons. The number of anilines is 1. The molecular formula is C16H16F2N4O2S. The molecule has 1 aliphatic heterocycles. The molecule has 0 radical (unpaired) electrons. The van der Waals surface area contributed by atoms with Crippen molar-refractivity contribution in [2.75, 3.05) is 38.0 Å². The van der Waals surface area contributed by atoms with Crippen molar-refractivity contribution < 1.29 is 18.4 Å². The molecule has 1 fully saturated rings. The van der Waals surface area contributed by atoms with Crippen molar-refractivity contribution >= 4 is 28.3 Å². The van der Waals surface area contributed by atoms with Crippen LogP contribution in [0.15, 0.2) is 29.8 Å². The summed E-state index contributed by atoms with van der Waals surface area (Å²) in [7, 11) is 0. The van der Waals surface area contributed by atoms with Gasteiger partial charge in [-0.15, -0.1) is 11.3 Å². The number of benzene rings is 1. The first-order chi connectivity index (χ1) is 12.0. The Hall–Kier alpha value is -2.39. The van der Waals surface area contributed by atoms with E-state index < -0.39 is 11.6 Å². The van der Waals surface area contributed by atoms with Crippen LogP contribution in [0.2, 0.25) is 0 Å². The van der Waals surface area contributed by atoms with Gasteiger partial charge in [-0.1, -0.05) is 0 Å². The number of halogens is 2. The van der Waals surface area contributed by atoms with E-state index >= 15 is 0 Å². The van der Waals surface area contributed by atoms with Crippen molar-refractivity contribution in [3.05, 3.63) is 47.0 Å². The van der Waals surface area contributed by atoms with Crippen LogP contribution in [-0.2, 0) is 4.79 Å². The predicted octanol–water partition coefficient (Wildman–Crippen LogP) is 1.82. The van der Waals surface area contributed by atoms with Crippen molar-refractivity contribution in [3.63, 3.8) is 0 Å². The highest BCUT2D eigenvalue weighted by atomic mass is 32.1. The zero-order chi connectivity index (χ0) is 17.8.